The molecule has 21 heavy (non-hydrogen) atoms. The highest BCUT2D eigenvalue weighted by molar-refractivity contribution is 6.31. The fourth-order valence-electron chi connectivity index (χ4n) is 3.71. The van der Waals surface area contributed by atoms with Crippen LogP contribution in [0.25, 0.3) is 0 Å². The topological polar surface area (TPSA) is 46.6 Å². The highest BCUT2D eigenvalue weighted by atomic mass is 35.5. The van der Waals surface area contributed by atoms with Crippen LogP contribution in [0.1, 0.15) is 12.5 Å². The standard InChI is InChI=1S/C16H14ClNO3/c1-8-3-4-9(17)7-10(8)18-14(19)12-11-5-6-16(2,21-11)13(12)15(18)20/h3-7,11-13H,1-2H3/t11-,12-,13-,16-/m1/s1. The molecule has 0 spiro atoms. The molecule has 1 aromatic rings. The molecule has 0 saturated carbocycles. The lowest BCUT2D eigenvalue weighted by molar-refractivity contribution is -0.126. The van der Waals surface area contributed by atoms with Crippen LogP contribution in [0.5, 0.6) is 0 Å². The summed E-state index contributed by atoms with van der Waals surface area (Å²) in [4.78, 5) is 26.8. The van der Waals surface area contributed by atoms with E-state index in [-0.39, 0.29) is 17.9 Å². The molecule has 108 valence electrons. The summed E-state index contributed by atoms with van der Waals surface area (Å²) < 4.78 is 5.80. The summed E-state index contributed by atoms with van der Waals surface area (Å²) >= 11 is 6.02. The second-order valence-corrected chi connectivity index (χ2v) is 6.51. The van der Waals surface area contributed by atoms with Gasteiger partial charge in [0.25, 0.3) is 0 Å². The molecule has 0 unspecified atom stereocenters. The van der Waals surface area contributed by atoms with Gasteiger partial charge in [-0.2, -0.15) is 0 Å². The molecular weight excluding hydrogens is 290 g/mol. The van der Waals surface area contributed by atoms with Gasteiger partial charge in [0.05, 0.1) is 29.2 Å². The summed E-state index contributed by atoms with van der Waals surface area (Å²) in [6, 6.07) is 5.24. The molecule has 4 rings (SSSR count). The molecule has 4 nitrogen and oxygen atoms in total. The highest BCUT2D eigenvalue weighted by Crippen LogP contribution is 2.52. The Kier molecular flexibility index (Phi) is 2.46. The molecule has 2 amide bonds. The van der Waals surface area contributed by atoms with Crippen molar-refractivity contribution in [3.63, 3.8) is 0 Å². The van der Waals surface area contributed by atoms with Gasteiger partial charge in [0, 0.05) is 5.02 Å². The summed E-state index contributed by atoms with van der Waals surface area (Å²) in [7, 11) is 0. The Morgan fingerprint density at radius 3 is 2.76 bits per heavy atom. The minimum Gasteiger partial charge on any atom is -0.362 e. The summed E-state index contributed by atoms with van der Waals surface area (Å²) in [5.74, 6) is -1.22. The van der Waals surface area contributed by atoms with E-state index in [1.54, 1.807) is 12.1 Å². The van der Waals surface area contributed by atoms with Gasteiger partial charge in [-0.3, -0.25) is 9.59 Å². The van der Waals surface area contributed by atoms with Crippen molar-refractivity contribution in [3.8, 4) is 0 Å². The molecule has 0 aromatic heterocycles. The zero-order chi connectivity index (χ0) is 14.9. The number of aryl methyl sites for hydroxylation is 1. The molecule has 0 aliphatic carbocycles. The Hall–Kier alpha value is -1.65. The maximum Gasteiger partial charge on any atom is 0.241 e. The SMILES string of the molecule is Cc1ccc(Cl)cc1N1C(=O)[C@@H]2[C@H]3C=C[C@@](C)(O3)[C@H]2C1=O. The van der Waals surface area contributed by atoms with Gasteiger partial charge < -0.3 is 4.74 Å². The smallest absolute Gasteiger partial charge is 0.241 e. The van der Waals surface area contributed by atoms with Crippen molar-refractivity contribution >= 4 is 29.1 Å². The van der Waals surface area contributed by atoms with Crippen molar-refractivity contribution in [2.24, 2.45) is 11.8 Å². The lowest BCUT2D eigenvalue weighted by Gasteiger charge is -2.24. The van der Waals surface area contributed by atoms with E-state index < -0.39 is 17.4 Å². The van der Waals surface area contributed by atoms with Crippen molar-refractivity contribution < 1.29 is 14.3 Å². The summed E-state index contributed by atoms with van der Waals surface area (Å²) in [6.45, 7) is 3.74. The predicted octanol–water partition coefficient (Wildman–Crippen LogP) is 2.48. The van der Waals surface area contributed by atoms with Crippen LogP contribution in [-0.4, -0.2) is 23.5 Å². The van der Waals surface area contributed by atoms with Gasteiger partial charge in [-0.25, -0.2) is 4.90 Å². The zero-order valence-electron chi connectivity index (χ0n) is 11.7. The lowest BCUT2D eigenvalue weighted by Crippen LogP contribution is -2.38. The van der Waals surface area contributed by atoms with Gasteiger partial charge in [0.1, 0.15) is 0 Å². The van der Waals surface area contributed by atoms with E-state index in [0.717, 1.165) is 5.56 Å². The van der Waals surface area contributed by atoms with Crippen molar-refractivity contribution in [1.29, 1.82) is 0 Å². The molecule has 0 N–H and O–H groups in total. The van der Waals surface area contributed by atoms with Crippen molar-refractivity contribution in [3.05, 3.63) is 40.9 Å². The van der Waals surface area contributed by atoms with Crippen LogP contribution in [0.15, 0.2) is 30.4 Å². The first-order valence-electron chi connectivity index (χ1n) is 6.93. The first-order valence-corrected chi connectivity index (χ1v) is 7.31. The van der Waals surface area contributed by atoms with Crippen molar-refractivity contribution in [2.75, 3.05) is 4.90 Å². The number of carbonyl (C=O) groups excluding carboxylic acids is 2. The van der Waals surface area contributed by atoms with Gasteiger partial charge in [-0.1, -0.05) is 29.8 Å². The number of hydrogen-bond donors (Lipinski definition) is 0. The van der Waals surface area contributed by atoms with Crippen LogP contribution < -0.4 is 4.90 Å². The van der Waals surface area contributed by atoms with E-state index in [9.17, 15) is 9.59 Å². The maximum absolute atomic E-state index is 12.8. The number of amides is 2. The Morgan fingerprint density at radius 2 is 2.05 bits per heavy atom. The second-order valence-electron chi connectivity index (χ2n) is 6.07. The normalized spacial score (nSPS) is 36.7. The number of fused-ring (bicyclic) bond motifs is 5. The molecular formula is C16H14ClNO3. The average Bonchev–Trinajstić information content (AvgIpc) is 3.03. The van der Waals surface area contributed by atoms with Crippen LogP contribution in [0.2, 0.25) is 5.02 Å². The number of hydrogen-bond acceptors (Lipinski definition) is 3. The monoisotopic (exact) mass is 303 g/mol. The quantitative estimate of drug-likeness (QED) is 0.591. The molecule has 5 heteroatoms. The number of anilines is 1. The van der Waals surface area contributed by atoms with Crippen LogP contribution in [0.4, 0.5) is 5.69 Å². The summed E-state index contributed by atoms with van der Waals surface area (Å²) in [5, 5.41) is 0.511. The van der Waals surface area contributed by atoms with E-state index in [1.165, 1.54) is 4.90 Å². The van der Waals surface area contributed by atoms with E-state index in [4.69, 9.17) is 16.3 Å². The van der Waals surface area contributed by atoms with Crippen LogP contribution >= 0.6 is 11.6 Å². The first-order chi connectivity index (χ1) is 9.92. The summed E-state index contributed by atoms with van der Waals surface area (Å²) in [5.41, 5.74) is 0.769. The van der Waals surface area contributed by atoms with E-state index in [2.05, 4.69) is 0 Å². The number of nitrogens with zero attached hydrogens (tertiary/aromatic N) is 1. The van der Waals surface area contributed by atoms with E-state index >= 15 is 0 Å². The third kappa shape index (κ3) is 1.54. The van der Waals surface area contributed by atoms with Crippen LogP contribution in [0.3, 0.4) is 0 Å². The van der Waals surface area contributed by atoms with E-state index in [0.29, 0.717) is 10.7 Å². The van der Waals surface area contributed by atoms with Gasteiger partial charge in [-0.15, -0.1) is 0 Å². The predicted molar refractivity (Wildman–Crippen MR) is 78.1 cm³/mol. The Balaban J connectivity index is 1.82. The molecule has 2 saturated heterocycles. The number of carbonyl (C=O) groups is 2. The molecule has 3 aliphatic heterocycles. The zero-order valence-corrected chi connectivity index (χ0v) is 12.4. The average molecular weight is 304 g/mol. The number of benzene rings is 1. The summed E-state index contributed by atoms with van der Waals surface area (Å²) in [6.07, 6.45) is 3.50. The second kappa shape index (κ2) is 3.96. The van der Waals surface area contributed by atoms with Crippen molar-refractivity contribution in [1.82, 2.24) is 0 Å². The number of imide groups is 1. The lowest BCUT2D eigenvalue weighted by atomic mass is 9.78. The van der Waals surface area contributed by atoms with Crippen LogP contribution in [0, 0.1) is 18.8 Å². The maximum atomic E-state index is 12.8. The number of ether oxygens (including phenoxy) is 1. The number of halogens is 1. The van der Waals surface area contributed by atoms with Gasteiger partial charge in [0.2, 0.25) is 11.8 Å². The fraction of sp³-hybridized carbons (Fsp3) is 0.375. The van der Waals surface area contributed by atoms with Gasteiger partial charge in [0.15, 0.2) is 0 Å². The van der Waals surface area contributed by atoms with Crippen LogP contribution in [-0.2, 0) is 14.3 Å². The molecule has 1 aromatic carbocycles. The fourth-order valence-corrected chi connectivity index (χ4v) is 3.88. The Labute approximate surface area is 127 Å². The minimum absolute atomic E-state index is 0.187. The first kappa shape index (κ1) is 13.0. The molecule has 2 fully saturated rings. The largest absolute Gasteiger partial charge is 0.362 e. The van der Waals surface area contributed by atoms with Gasteiger partial charge >= 0.3 is 0 Å². The minimum atomic E-state index is -0.663. The molecule has 0 radical (unpaired) electrons. The highest BCUT2D eigenvalue weighted by Gasteiger charge is 2.66. The van der Waals surface area contributed by atoms with Crippen molar-refractivity contribution in [2.45, 2.75) is 25.6 Å². The molecule has 4 atom stereocenters. The third-order valence-electron chi connectivity index (χ3n) is 4.74. The van der Waals surface area contributed by atoms with Gasteiger partial charge in [-0.05, 0) is 31.5 Å². The Morgan fingerprint density at radius 1 is 1.29 bits per heavy atom. The molecule has 3 heterocycles. The molecule has 3 aliphatic rings. The third-order valence-corrected chi connectivity index (χ3v) is 4.98. The Bertz CT molecular complexity index is 713. The number of rotatable bonds is 1. The van der Waals surface area contributed by atoms with E-state index in [1.807, 2.05) is 32.1 Å². The molecule has 2 bridgehead atoms.